The lowest BCUT2D eigenvalue weighted by atomic mass is 10.1. The molecular weight excluding hydrogens is 428 g/mol. The zero-order chi connectivity index (χ0) is 11.5. The summed E-state index contributed by atoms with van der Waals surface area (Å²) in [6.45, 7) is 3.44. The summed E-state index contributed by atoms with van der Waals surface area (Å²) in [6.07, 6.45) is 3.56. The van der Waals surface area contributed by atoms with Gasteiger partial charge in [0.25, 0.3) is 0 Å². The number of carbonyl (C=O) groups is 1. The Hall–Kier alpha value is 0.310. The highest BCUT2D eigenvalue weighted by molar-refractivity contribution is 14.1. The summed E-state index contributed by atoms with van der Waals surface area (Å²) in [6, 6.07) is 3.95. The molecule has 2 nitrogen and oxygen atoms in total. The van der Waals surface area contributed by atoms with Crippen molar-refractivity contribution in [3.05, 3.63) is 30.4 Å². The molecule has 0 spiro atoms. The summed E-state index contributed by atoms with van der Waals surface area (Å²) < 4.78 is 2.41. The molecule has 0 radical (unpaired) electrons. The van der Waals surface area contributed by atoms with Crippen molar-refractivity contribution in [1.82, 2.24) is 4.90 Å². The molecular formula is C12H13I2NO. The van der Waals surface area contributed by atoms with Gasteiger partial charge in [0.15, 0.2) is 0 Å². The molecule has 0 atom stereocenters. The Balaban J connectivity index is 2.22. The van der Waals surface area contributed by atoms with Crippen LogP contribution in [0.4, 0.5) is 0 Å². The molecule has 1 aliphatic rings. The fourth-order valence-electron chi connectivity index (χ4n) is 2.01. The molecule has 0 aromatic heterocycles. The van der Waals surface area contributed by atoms with Crippen molar-refractivity contribution >= 4 is 51.5 Å². The Labute approximate surface area is 123 Å². The summed E-state index contributed by atoms with van der Waals surface area (Å²) in [4.78, 5) is 13.2. The van der Waals surface area contributed by atoms with Crippen LogP contribution in [0.25, 0.3) is 0 Å². The van der Waals surface area contributed by atoms with Crippen LogP contribution >= 0.6 is 45.2 Å². The summed E-state index contributed by atoms with van der Waals surface area (Å²) in [5.74, 6) is 0. The first kappa shape index (κ1) is 12.8. The van der Waals surface area contributed by atoms with Crippen LogP contribution in [0.1, 0.15) is 28.8 Å². The maximum atomic E-state index is 10.7. The second-order valence-electron chi connectivity index (χ2n) is 4.06. The highest BCUT2D eigenvalue weighted by Gasteiger charge is 2.15. The number of carbonyl (C=O) groups excluding carboxylic acids is 1. The van der Waals surface area contributed by atoms with Gasteiger partial charge in [0.2, 0.25) is 0 Å². The lowest BCUT2D eigenvalue weighted by Crippen LogP contribution is -2.19. The van der Waals surface area contributed by atoms with Gasteiger partial charge in [-0.25, -0.2) is 0 Å². The monoisotopic (exact) mass is 441 g/mol. The van der Waals surface area contributed by atoms with Gasteiger partial charge in [-0.05, 0) is 88.8 Å². The van der Waals surface area contributed by atoms with Crippen LogP contribution in [-0.2, 0) is 6.54 Å². The third-order valence-electron chi connectivity index (χ3n) is 2.88. The number of rotatable bonds is 3. The van der Waals surface area contributed by atoms with Gasteiger partial charge in [-0.1, -0.05) is 0 Å². The summed E-state index contributed by atoms with van der Waals surface area (Å²) in [5, 5.41) is 0. The van der Waals surface area contributed by atoms with Gasteiger partial charge < -0.3 is 0 Å². The fourth-order valence-corrected chi connectivity index (χ4v) is 4.16. The van der Waals surface area contributed by atoms with E-state index in [1.807, 2.05) is 12.1 Å². The molecule has 1 aromatic rings. The van der Waals surface area contributed by atoms with E-state index in [0.29, 0.717) is 0 Å². The highest BCUT2D eigenvalue weighted by atomic mass is 127. The second kappa shape index (κ2) is 5.77. The molecule has 0 N–H and O–H groups in total. The molecule has 2 rings (SSSR count). The average molecular weight is 441 g/mol. The van der Waals surface area contributed by atoms with E-state index in [9.17, 15) is 4.79 Å². The van der Waals surface area contributed by atoms with Crippen LogP contribution in [-0.4, -0.2) is 24.3 Å². The van der Waals surface area contributed by atoms with Crippen LogP contribution in [0.15, 0.2) is 12.1 Å². The second-order valence-corrected chi connectivity index (χ2v) is 6.39. The predicted molar refractivity (Wildman–Crippen MR) is 81.8 cm³/mol. The number of likely N-dealkylation sites (tertiary alicyclic amines) is 1. The molecule has 0 aliphatic carbocycles. The van der Waals surface area contributed by atoms with Crippen LogP contribution in [0.5, 0.6) is 0 Å². The summed E-state index contributed by atoms with van der Waals surface area (Å²) >= 11 is 4.66. The van der Waals surface area contributed by atoms with E-state index in [2.05, 4.69) is 50.1 Å². The number of hydrogen-bond acceptors (Lipinski definition) is 2. The molecule has 86 valence electrons. The van der Waals surface area contributed by atoms with E-state index in [1.165, 1.54) is 38.6 Å². The van der Waals surface area contributed by atoms with Gasteiger partial charge in [0.05, 0.1) is 0 Å². The number of halogens is 2. The third-order valence-corrected chi connectivity index (χ3v) is 4.80. The maximum Gasteiger partial charge on any atom is 0.150 e. The van der Waals surface area contributed by atoms with Gasteiger partial charge in [0, 0.05) is 19.2 Å². The zero-order valence-corrected chi connectivity index (χ0v) is 13.2. The minimum absolute atomic E-state index is 0.777. The fraction of sp³-hybridized carbons (Fsp3) is 0.417. The molecule has 0 bridgehead atoms. The van der Waals surface area contributed by atoms with E-state index in [0.717, 1.165) is 18.4 Å². The van der Waals surface area contributed by atoms with Gasteiger partial charge in [-0.2, -0.15) is 0 Å². The molecule has 0 saturated carbocycles. The molecule has 1 heterocycles. The smallest absolute Gasteiger partial charge is 0.150 e. The SMILES string of the molecule is O=Cc1cc(I)c(CN2CCCC2)c(I)c1. The lowest BCUT2D eigenvalue weighted by molar-refractivity contribution is 0.112. The van der Waals surface area contributed by atoms with Crippen LogP contribution in [0.2, 0.25) is 0 Å². The molecule has 1 fully saturated rings. The van der Waals surface area contributed by atoms with Gasteiger partial charge in [-0.3, -0.25) is 9.69 Å². The topological polar surface area (TPSA) is 20.3 Å². The van der Waals surface area contributed by atoms with Crippen molar-refractivity contribution in [2.45, 2.75) is 19.4 Å². The van der Waals surface area contributed by atoms with Crippen molar-refractivity contribution in [2.75, 3.05) is 13.1 Å². The first-order chi connectivity index (χ1) is 7.70. The first-order valence-electron chi connectivity index (χ1n) is 5.36. The molecule has 16 heavy (non-hydrogen) atoms. The highest BCUT2D eigenvalue weighted by Crippen LogP contribution is 2.24. The predicted octanol–water partition coefficient (Wildman–Crippen LogP) is 3.30. The largest absolute Gasteiger partial charge is 0.299 e. The first-order valence-corrected chi connectivity index (χ1v) is 7.52. The van der Waals surface area contributed by atoms with Crippen LogP contribution in [0.3, 0.4) is 0 Å². The number of benzene rings is 1. The van der Waals surface area contributed by atoms with Crippen molar-refractivity contribution in [2.24, 2.45) is 0 Å². The van der Waals surface area contributed by atoms with Crippen molar-refractivity contribution in [3.63, 3.8) is 0 Å². The third kappa shape index (κ3) is 2.95. The van der Waals surface area contributed by atoms with Crippen molar-refractivity contribution in [3.8, 4) is 0 Å². The van der Waals surface area contributed by atoms with Gasteiger partial charge in [-0.15, -0.1) is 0 Å². The molecule has 1 aliphatic heterocycles. The van der Waals surface area contributed by atoms with E-state index in [1.54, 1.807) is 0 Å². The molecule has 0 amide bonds. The molecule has 1 saturated heterocycles. The molecule has 4 heteroatoms. The zero-order valence-electron chi connectivity index (χ0n) is 8.88. The summed E-state index contributed by atoms with van der Waals surface area (Å²) in [5.41, 5.74) is 2.15. The maximum absolute atomic E-state index is 10.7. The lowest BCUT2D eigenvalue weighted by Gasteiger charge is -2.17. The van der Waals surface area contributed by atoms with E-state index in [-0.39, 0.29) is 0 Å². The Morgan fingerprint density at radius 1 is 1.19 bits per heavy atom. The van der Waals surface area contributed by atoms with Crippen LogP contribution in [0, 0.1) is 7.14 Å². The standard InChI is InChI=1S/C12H13I2NO/c13-11-5-9(8-16)6-12(14)10(11)7-15-3-1-2-4-15/h5-6,8H,1-4,7H2. The quantitative estimate of drug-likeness (QED) is 0.531. The van der Waals surface area contributed by atoms with Crippen molar-refractivity contribution < 1.29 is 4.79 Å². The van der Waals surface area contributed by atoms with E-state index >= 15 is 0 Å². The minimum atomic E-state index is 0.777. The summed E-state index contributed by atoms with van der Waals surface area (Å²) in [7, 11) is 0. The molecule has 0 unspecified atom stereocenters. The van der Waals surface area contributed by atoms with Gasteiger partial charge in [0.1, 0.15) is 6.29 Å². The number of nitrogens with zero attached hydrogens (tertiary/aromatic N) is 1. The van der Waals surface area contributed by atoms with Gasteiger partial charge >= 0.3 is 0 Å². The average Bonchev–Trinajstić information content (AvgIpc) is 2.75. The number of hydrogen-bond donors (Lipinski definition) is 0. The minimum Gasteiger partial charge on any atom is -0.299 e. The Morgan fingerprint density at radius 3 is 2.25 bits per heavy atom. The normalized spacial score (nSPS) is 16.6. The van der Waals surface area contributed by atoms with E-state index in [4.69, 9.17) is 0 Å². The Bertz CT molecular complexity index is 377. The Morgan fingerprint density at radius 2 is 1.75 bits per heavy atom. The van der Waals surface area contributed by atoms with Crippen LogP contribution < -0.4 is 0 Å². The Kier molecular flexibility index (Phi) is 4.60. The number of aldehydes is 1. The van der Waals surface area contributed by atoms with E-state index < -0.39 is 0 Å². The molecule has 1 aromatic carbocycles. The van der Waals surface area contributed by atoms with Crippen molar-refractivity contribution in [1.29, 1.82) is 0 Å².